The molecule has 2 aromatic carbocycles. The van der Waals surface area contributed by atoms with Gasteiger partial charge in [0.1, 0.15) is 5.69 Å². The Hall–Kier alpha value is -2.98. The van der Waals surface area contributed by atoms with Crippen LogP contribution in [0, 0.1) is 16.0 Å². The van der Waals surface area contributed by atoms with Gasteiger partial charge in [0.2, 0.25) is 0 Å². The van der Waals surface area contributed by atoms with E-state index in [9.17, 15) is 23.3 Å². The van der Waals surface area contributed by atoms with Gasteiger partial charge in [-0.15, -0.1) is 0 Å². The van der Waals surface area contributed by atoms with E-state index >= 15 is 0 Å². The second-order valence-corrected chi connectivity index (χ2v) is 8.38. The van der Waals surface area contributed by atoms with Crippen molar-refractivity contribution in [1.82, 2.24) is 4.72 Å². The molecular formula is C19H21N3O6S. The Balaban J connectivity index is 1.77. The van der Waals surface area contributed by atoms with E-state index < -0.39 is 20.9 Å². The SMILES string of the molecule is O=C(NS(=O)(=O)c1ccc(NCC2CCCOC2)c([N+](=O)[O-])c1)c1ccccc1. The smallest absolute Gasteiger partial charge is 0.293 e. The van der Waals surface area contributed by atoms with Crippen LogP contribution in [0.2, 0.25) is 0 Å². The number of nitro benzene ring substituents is 1. The predicted octanol–water partition coefficient (Wildman–Crippen LogP) is 2.55. The average molecular weight is 419 g/mol. The normalized spacial score (nSPS) is 16.8. The molecule has 0 spiro atoms. The molecule has 3 rings (SSSR count). The zero-order chi connectivity index (χ0) is 20.9. The number of benzene rings is 2. The van der Waals surface area contributed by atoms with Crippen molar-refractivity contribution in [2.75, 3.05) is 25.1 Å². The third kappa shape index (κ3) is 5.30. The molecule has 0 aliphatic carbocycles. The van der Waals surface area contributed by atoms with E-state index in [1.54, 1.807) is 18.2 Å². The zero-order valence-electron chi connectivity index (χ0n) is 15.5. The first-order valence-corrected chi connectivity index (χ1v) is 10.6. The van der Waals surface area contributed by atoms with E-state index in [-0.39, 0.29) is 27.8 Å². The lowest BCUT2D eigenvalue weighted by Gasteiger charge is -2.22. The van der Waals surface area contributed by atoms with Crippen LogP contribution in [0.4, 0.5) is 11.4 Å². The summed E-state index contributed by atoms with van der Waals surface area (Å²) >= 11 is 0. The highest BCUT2D eigenvalue weighted by atomic mass is 32.2. The molecule has 29 heavy (non-hydrogen) atoms. The molecule has 2 N–H and O–H groups in total. The number of carbonyl (C=O) groups excluding carboxylic acids is 1. The fourth-order valence-corrected chi connectivity index (χ4v) is 4.02. The quantitative estimate of drug-likeness (QED) is 0.521. The number of hydrogen-bond acceptors (Lipinski definition) is 7. The molecule has 1 amide bonds. The first-order chi connectivity index (χ1) is 13.9. The molecule has 2 aromatic rings. The Labute approximate surface area is 168 Å². The van der Waals surface area contributed by atoms with Crippen molar-refractivity contribution in [1.29, 1.82) is 0 Å². The number of carbonyl (C=O) groups is 1. The number of hydrogen-bond donors (Lipinski definition) is 2. The van der Waals surface area contributed by atoms with E-state index in [2.05, 4.69) is 5.32 Å². The van der Waals surface area contributed by atoms with Crippen LogP contribution in [0.1, 0.15) is 23.2 Å². The number of ether oxygens (including phenoxy) is 1. The second-order valence-electron chi connectivity index (χ2n) is 6.70. The summed E-state index contributed by atoms with van der Waals surface area (Å²) in [7, 11) is -4.27. The number of amides is 1. The van der Waals surface area contributed by atoms with Crippen molar-refractivity contribution >= 4 is 27.3 Å². The van der Waals surface area contributed by atoms with Gasteiger partial charge in [0.25, 0.3) is 21.6 Å². The van der Waals surface area contributed by atoms with Gasteiger partial charge < -0.3 is 10.1 Å². The summed E-state index contributed by atoms with van der Waals surface area (Å²) in [4.78, 5) is 22.6. The van der Waals surface area contributed by atoms with Gasteiger partial charge in [0, 0.05) is 24.8 Å². The second kappa shape index (κ2) is 9.01. The van der Waals surface area contributed by atoms with Crippen molar-refractivity contribution in [3.63, 3.8) is 0 Å². The van der Waals surface area contributed by atoms with Crippen LogP contribution in [-0.2, 0) is 14.8 Å². The van der Waals surface area contributed by atoms with E-state index in [1.165, 1.54) is 24.3 Å². The van der Waals surface area contributed by atoms with Crippen molar-refractivity contribution in [2.45, 2.75) is 17.7 Å². The standard InChI is InChI=1S/C19H21N3O6S/c23-19(15-6-2-1-3-7-15)21-29(26,27)16-8-9-17(18(11-16)22(24)25)20-12-14-5-4-10-28-13-14/h1-3,6-9,11,14,20H,4-5,10,12-13H2,(H,21,23). The minimum Gasteiger partial charge on any atom is -0.381 e. The van der Waals surface area contributed by atoms with Gasteiger partial charge >= 0.3 is 0 Å². The van der Waals surface area contributed by atoms with Gasteiger partial charge in [-0.25, -0.2) is 13.1 Å². The molecule has 0 saturated carbocycles. The molecule has 1 atom stereocenters. The van der Waals surface area contributed by atoms with Gasteiger partial charge in [0.05, 0.1) is 16.4 Å². The Morgan fingerprint density at radius 1 is 1.21 bits per heavy atom. The lowest BCUT2D eigenvalue weighted by Crippen LogP contribution is -2.30. The maximum Gasteiger partial charge on any atom is 0.293 e. The number of nitro groups is 1. The van der Waals surface area contributed by atoms with E-state index in [0.717, 1.165) is 25.5 Å². The number of sulfonamides is 1. The van der Waals surface area contributed by atoms with E-state index in [1.807, 2.05) is 4.72 Å². The molecule has 1 unspecified atom stereocenters. The Kier molecular flexibility index (Phi) is 6.45. The summed E-state index contributed by atoms with van der Waals surface area (Å²) in [6.45, 7) is 1.79. The topological polar surface area (TPSA) is 128 Å². The first-order valence-electron chi connectivity index (χ1n) is 9.09. The van der Waals surface area contributed by atoms with Crippen molar-refractivity contribution in [2.24, 2.45) is 5.92 Å². The summed E-state index contributed by atoms with van der Waals surface area (Å²) in [6.07, 6.45) is 1.89. The Morgan fingerprint density at radius 2 is 1.97 bits per heavy atom. The van der Waals surface area contributed by atoms with E-state index in [4.69, 9.17) is 4.74 Å². The lowest BCUT2D eigenvalue weighted by atomic mass is 10.0. The first kappa shape index (κ1) is 20.7. The van der Waals surface area contributed by atoms with Crippen LogP contribution in [0.15, 0.2) is 53.4 Å². The van der Waals surface area contributed by atoms with Gasteiger partial charge in [0.15, 0.2) is 0 Å². The molecule has 0 aromatic heterocycles. The molecule has 154 valence electrons. The molecule has 1 saturated heterocycles. The molecular weight excluding hydrogens is 398 g/mol. The third-order valence-electron chi connectivity index (χ3n) is 4.58. The fourth-order valence-electron chi connectivity index (χ4n) is 3.03. The minimum absolute atomic E-state index is 0.165. The lowest BCUT2D eigenvalue weighted by molar-refractivity contribution is -0.384. The monoisotopic (exact) mass is 419 g/mol. The minimum atomic E-state index is -4.27. The highest BCUT2D eigenvalue weighted by molar-refractivity contribution is 7.90. The maximum absolute atomic E-state index is 12.5. The summed E-state index contributed by atoms with van der Waals surface area (Å²) in [6, 6.07) is 11.3. The highest BCUT2D eigenvalue weighted by Gasteiger charge is 2.24. The number of anilines is 1. The zero-order valence-corrected chi connectivity index (χ0v) is 16.4. The molecule has 1 fully saturated rings. The van der Waals surface area contributed by atoms with Crippen molar-refractivity contribution in [3.8, 4) is 0 Å². The molecule has 0 bridgehead atoms. The molecule has 0 radical (unpaired) electrons. The Bertz CT molecular complexity index is 988. The average Bonchev–Trinajstić information content (AvgIpc) is 2.73. The van der Waals surface area contributed by atoms with Gasteiger partial charge in [-0.1, -0.05) is 18.2 Å². The largest absolute Gasteiger partial charge is 0.381 e. The summed E-state index contributed by atoms with van der Waals surface area (Å²) in [5.74, 6) is -0.579. The molecule has 1 heterocycles. The number of rotatable bonds is 7. The number of nitrogens with one attached hydrogen (secondary N) is 2. The van der Waals surface area contributed by atoms with Gasteiger partial charge in [-0.3, -0.25) is 14.9 Å². The van der Waals surface area contributed by atoms with Crippen LogP contribution in [0.3, 0.4) is 0 Å². The van der Waals surface area contributed by atoms with Crippen molar-refractivity contribution < 1.29 is 22.9 Å². The van der Waals surface area contributed by atoms with Crippen LogP contribution in [-0.4, -0.2) is 39.0 Å². The summed E-state index contributed by atoms with van der Waals surface area (Å²) in [5.41, 5.74) is 0.00392. The number of nitrogens with zero attached hydrogens (tertiary/aromatic N) is 1. The molecule has 1 aliphatic rings. The summed E-state index contributed by atoms with van der Waals surface area (Å²) in [5, 5.41) is 14.5. The van der Waals surface area contributed by atoms with Crippen LogP contribution < -0.4 is 10.0 Å². The fraction of sp³-hybridized carbons (Fsp3) is 0.316. The summed E-state index contributed by atoms with van der Waals surface area (Å²) < 4.78 is 32.4. The predicted molar refractivity (Wildman–Crippen MR) is 106 cm³/mol. The van der Waals surface area contributed by atoms with Crippen molar-refractivity contribution in [3.05, 3.63) is 64.2 Å². The molecule has 9 nitrogen and oxygen atoms in total. The third-order valence-corrected chi connectivity index (χ3v) is 5.90. The highest BCUT2D eigenvalue weighted by Crippen LogP contribution is 2.28. The van der Waals surface area contributed by atoms with Gasteiger partial charge in [-0.2, -0.15) is 0 Å². The van der Waals surface area contributed by atoms with Gasteiger partial charge in [-0.05, 0) is 43.0 Å². The molecule has 1 aliphatic heterocycles. The molecule has 10 heteroatoms. The van der Waals surface area contributed by atoms with Crippen LogP contribution in [0.25, 0.3) is 0 Å². The van der Waals surface area contributed by atoms with E-state index in [0.29, 0.717) is 13.2 Å². The Morgan fingerprint density at radius 3 is 2.62 bits per heavy atom. The van der Waals surface area contributed by atoms with Crippen LogP contribution in [0.5, 0.6) is 0 Å². The maximum atomic E-state index is 12.5. The van der Waals surface area contributed by atoms with Crippen LogP contribution >= 0.6 is 0 Å².